The van der Waals surface area contributed by atoms with Crippen molar-refractivity contribution in [2.75, 3.05) is 6.61 Å². The van der Waals surface area contributed by atoms with Gasteiger partial charge in [-0.1, -0.05) is 18.2 Å². The van der Waals surface area contributed by atoms with Crippen LogP contribution >= 0.6 is 0 Å². The number of hydrogen-bond donors (Lipinski definition) is 1. The van der Waals surface area contributed by atoms with Gasteiger partial charge in [0, 0.05) is 6.07 Å². The minimum Gasteiger partial charge on any atom is -0.488 e. The molecule has 0 heterocycles. The van der Waals surface area contributed by atoms with Crippen LogP contribution in [0.15, 0.2) is 30.4 Å². The lowest BCUT2D eigenvalue weighted by Crippen LogP contribution is -2.07. The average Bonchev–Trinajstić information content (AvgIpc) is 2.28. The molecule has 6 heteroatoms. The molecule has 6 nitrogen and oxygen atoms in total. The van der Waals surface area contributed by atoms with E-state index in [2.05, 4.69) is 0 Å². The van der Waals surface area contributed by atoms with Crippen molar-refractivity contribution in [1.29, 1.82) is 0 Å². The molecule has 1 N–H and O–H groups in total. The first-order chi connectivity index (χ1) is 8.07. The maximum atomic E-state index is 11.0. The van der Waals surface area contributed by atoms with Gasteiger partial charge < -0.3 is 9.84 Å². The van der Waals surface area contributed by atoms with Crippen LogP contribution in [0.3, 0.4) is 0 Å². The van der Waals surface area contributed by atoms with Crippen molar-refractivity contribution in [2.24, 2.45) is 0 Å². The number of hydrogen-bond acceptors (Lipinski definition) is 4. The molecule has 1 aromatic carbocycles. The van der Waals surface area contributed by atoms with Crippen LogP contribution in [0.2, 0.25) is 0 Å². The summed E-state index contributed by atoms with van der Waals surface area (Å²) in [5.41, 5.74) is -0.905. The summed E-state index contributed by atoms with van der Waals surface area (Å²) in [6.07, 6.45) is 3.41. The van der Waals surface area contributed by atoms with Gasteiger partial charge in [0.05, 0.1) is 4.92 Å². The lowest BCUT2D eigenvalue weighted by atomic mass is 10.1. The Morgan fingerprint density at radius 2 is 2.29 bits per heavy atom. The number of carboxylic acids is 1. The molecule has 0 aromatic heterocycles. The van der Waals surface area contributed by atoms with E-state index in [1.807, 2.05) is 0 Å². The van der Waals surface area contributed by atoms with Gasteiger partial charge in [-0.05, 0) is 13.0 Å². The van der Waals surface area contributed by atoms with Gasteiger partial charge in [-0.25, -0.2) is 4.79 Å². The van der Waals surface area contributed by atoms with E-state index in [9.17, 15) is 14.9 Å². The van der Waals surface area contributed by atoms with E-state index in [1.54, 1.807) is 19.1 Å². The van der Waals surface area contributed by atoms with Crippen LogP contribution in [0, 0.1) is 10.1 Å². The van der Waals surface area contributed by atoms with Crippen LogP contribution in [0.1, 0.15) is 17.3 Å². The zero-order chi connectivity index (χ0) is 12.8. The highest BCUT2D eigenvalue weighted by molar-refractivity contribution is 5.95. The number of benzene rings is 1. The van der Waals surface area contributed by atoms with Crippen LogP contribution in [0.25, 0.3) is 0 Å². The second-order valence-corrected chi connectivity index (χ2v) is 3.09. The second kappa shape index (κ2) is 5.64. The van der Waals surface area contributed by atoms with Gasteiger partial charge >= 0.3 is 5.97 Å². The molecule has 0 atom stereocenters. The van der Waals surface area contributed by atoms with Gasteiger partial charge in [0.2, 0.25) is 0 Å². The fourth-order valence-electron chi connectivity index (χ4n) is 1.24. The summed E-state index contributed by atoms with van der Waals surface area (Å²) in [6, 6.07) is 3.90. The zero-order valence-corrected chi connectivity index (χ0v) is 9.12. The van der Waals surface area contributed by atoms with Crippen molar-refractivity contribution in [2.45, 2.75) is 6.92 Å². The number of nitro groups is 1. The van der Waals surface area contributed by atoms with E-state index in [0.717, 1.165) is 6.07 Å². The quantitative estimate of drug-likeness (QED) is 0.482. The molecule has 0 saturated heterocycles. The van der Waals surface area contributed by atoms with Crippen LogP contribution in [0.5, 0.6) is 5.75 Å². The fraction of sp³-hybridized carbons (Fsp3) is 0.182. The van der Waals surface area contributed by atoms with Gasteiger partial charge in [-0.15, -0.1) is 0 Å². The number of carboxylic acid groups (broad SMARTS) is 1. The summed E-state index contributed by atoms with van der Waals surface area (Å²) >= 11 is 0. The number of nitro benzene ring substituents is 1. The molecule has 0 aliphatic heterocycles. The SMILES string of the molecule is C/C=C/COc1cccc([N+](=O)[O-])c1C(=O)O. The topological polar surface area (TPSA) is 89.7 Å². The summed E-state index contributed by atoms with van der Waals surface area (Å²) < 4.78 is 5.16. The predicted molar refractivity (Wildman–Crippen MR) is 60.4 cm³/mol. The number of nitrogens with zero attached hydrogens (tertiary/aromatic N) is 1. The monoisotopic (exact) mass is 237 g/mol. The predicted octanol–water partition coefficient (Wildman–Crippen LogP) is 2.25. The van der Waals surface area contributed by atoms with Crippen molar-refractivity contribution >= 4 is 11.7 Å². The van der Waals surface area contributed by atoms with E-state index < -0.39 is 22.1 Å². The Balaban J connectivity index is 3.15. The molecule has 0 radical (unpaired) electrons. The summed E-state index contributed by atoms with van der Waals surface area (Å²) in [4.78, 5) is 20.9. The number of carbonyl (C=O) groups is 1. The molecule has 0 fully saturated rings. The summed E-state index contributed by atoms with van der Waals surface area (Å²) in [5.74, 6) is -1.39. The van der Waals surface area contributed by atoms with Crippen LogP contribution in [-0.2, 0) is 0 Å². The Kier molecular flexibility index (Phi) is 4.21. The first-order valence-electron chi connectivity index (χ1n) is 4.82. The van der Waals surface area contributed by atoms with Crippen molar-refractivity contribution < 1.29 is 19.6 Å². The molecular weight excluding hydrogens is 226 g/mol. The molecule has 0 unspecified atom stereocenters. The summed E-state index contributed by atoms with van der Waals surface area (Å²) in [7, 11) is 0. The molecule has 0 aliphatic rings. The highest BCUT2D eigenvalue weighted by atomic mass is 16.6. The molecule has 0 spiro atoms. The van der Waals surface area contributed by atoms with Gasteiger partial charge in [-0.2, -0.15) is 0 Å². The Labute approximate surface area is 97.3 Å². The van der Waals surface area contributed by atoms with Crippen molar-refractivity contribution in [3.63, 3.8) is 0 Å². The lowest BCUT2D eigenvalue weighted by Gasteiger charge is -2.06. The molecule has 0 bridgehead atoms. The number of aromatic carboxylic acids is 1. The maximum absolute atomic E-state index is 11.0. The fourth-order valence-corrected chi connectivity index (χ4v) is 1.24. The molecular formula is C11H11NO5. The molecule has 90 valence electrons. The molecule has 1 rings (SSSR count). The second-order valence-electron chi connectivity index (χ2n) is 3.09. The average molecular weight is 237 g/mol. The highest BCUT2D eigenvalue weighted by Crippen LogP contribution is 2.28. The van der Waals surface area contributed by atoms with E-state index in [1.165, 1.54) is 12.1 Å². The third-order valence-corrected chi connectivity index (χ3v) is 1.99. The standard InChI is InChI=1S/C11H11NO5/c1-2-3-7-17-9-6-4-5-8(12(15)16)10(9)11(13)14/h2-6H,7H2,1H3,(H,13,14)/b3-2+. The van der Waals surface area contributed by atoms with Gasteiger partial charge in [0.15, 0.2) is 5.56 Å². The molecule has 0 aliphatic carbocycles. The van der Waals surface area contributed by atoms with E-state index >= 15 is 0 Å². The maximum Gasteiger partial charge on any atom is 0.346 e. The van der Waals surface area contributed by atoms with Crippen LogP contribution in [-0.4, -0.2) is 22.6 Å². The number of rotatable bonds is 5. The van der Waals surface area contributed by atoms with Crippen molar-refractivity contribution in [3.05, 3.63) is 46.0 Å². The molecule has 0 amide bonds. The minimum atomic E-state index is -1.38. The molecule has 0 saturated carbocycles. The third-order valence-electron chi connectivity index (χ3n) is 1.99. The normalized spacial score (nSPS) is 10.4. The Hall–Kier alpha value is -2.37. The Morgan fingerprint density at radius 3 is 2.82 bits per heavy atom. The van der Waals surface area contributed by atoms with Crippen LogP contribution < -0.4 is 4.74 Å². The number of allylic oxidation sites excluding steroid dienone is 1. The Bertz CT molecular complexity index is 467. The van der Waals surface area contributed by atoms with E-state index in [4.69, 9.17) is 9.84 Å². The van der Waals surface area contributed by atoms with Gasteiger partial charge in [-0.3, -0.25) is 10.1 Å². The summed E-state index contributed by atoms with van der Waals surface area (Å²) in [5, 5.41) is 19.6. The first kappa shape index (κ1) is 12.7. The van der Waals surface area contributed by atoms with E-state index in [-0.39, 0.29) is 12.4 Å². The Morgan fingerprint density at radius 1 is 1.59 bits per heavy atom. The molecule has 17 heavy (non-hydrogen) atoms. The van der Waals surface area contributed by atoms with Crippen molar-refractivity contribution in [1.82, 2.24) is 0 Å². The summed E-state index contributed by atoms with van der Waals surface area (Å²) in [6.45, 7) is 1.95. The smallest absolute Gasteiger partial charge is 0.346 e. The lowest BCUT2D eigenvalue weighted by molar-refractivity contribution is -0.385. The third kappa shape index (κ3) is 3.04. The number of ether oxygens (including phenoxy) is 1. The van der Waals surface area contributed by atoms with Gasteiger partial charge in [0.1, 0.15) is 12.4 Å². The van der Waals surface area contributed by atoms with Crippen LogP contribution in [0.4, 0.5) is 5.69 Å². The van der Waals surface area contributed by atoms with Crippen molar-refractivity contribution in [3.8, 4) is 5.75 Å². The van der Waals surface area contributed by atoms with Gasteiger partial charge in [0.25, 0.3) is 5.69 Å². The largest absolute Gasteiger partial charge is 0.488 e. The first-order valence-corrected chi connectivity index (χ1v) is 4.82. The zero-order valence-electron chi connectivity index (χ0n) is 9.12. The molecule has 1 aromatic rings. The minimum absolute atomic E-state index is 0.00944. The highest BCUT2D eigenvalue weighted by Gasteiger charge is 2.24. The van der Waals surface area contributed by atoms with E-state index in [0.29, 0.717) is 0 Å².